The fourth-order valence-corrected chi connectivity index (χ4v) is 5.01. The zero-order valence-corrected chi connectivity index (χ0v) is 17.9. The van der Waals surface area contributed by atoms with Crippen molar-refractivity contribution in [2.45, 2.75) is 31.2 Å². The Hall–Kier alpha value is -3.37. The van der Waals surface area contributed by atoms with Gasteiger partial charge >= 0.3 is 18.3 Å². The topological polar surface area (TPSA) is 58.2 Å². The predicted octanol–water partition coefficient (Wildman–Crippen LogP) is 5.57. The Balaban J connectivity index is 1.66. The van der Waals surface area contributed by atoms with Gasteiger partial charge in [0, 0.05) is 17.6 Å². The normalized spacial score (nSPS) is 25.1. The molecule has 0 aliphatic heterocycles. The molecule has 2 aliphatic carbocycles. The molecular formula is C24H19F7N2O2. The second kappa shape index (κ2) is 9.01. The highest BCUT2D eigenvalue weighted by atomic mass is 19.4. The van der Waals surface area contributed by atoms with E-state index in [2.05, 4.69) is 5.32 Å². The first-order chi connectivity index (χ1) is 16.4. The molecule has 4 atom stereocenters. The maximum absolute atomic E-state index is 13.6. The monoisotopic (exact) mass is 500 g/mol. The van der Waals surface area contributed by atoms with Crippen molar-refractivity contribution in [1.82, 2.24) is 5.32 Å². The number of anilines is 1. The molecule has 2 bridgehead atoms. The largest absolute Gasteiger partial charge is 0.471 e. The zero-order chi connectivity index (χ0) is 25.5. The van der Waals surface area contributed by atoms with E-state index in [0.717, 1.165) is 11.6 Å². The molecule has 4 rings (SSSR count). The van der Waals surface area contributed by atoms with Crippen LogP contribution >= 0.6 is 0 Å². The van der Waals surface area contributed by atoms with Crippen LogP contribution in [0.5, 0.6) is 0 Å². The van der Waals surface area contributed by atoms with Crippen LogP contribution in [0.2, 0.25) is 0 Å². The minimum atomic E-state index is -5.18. The SMILES string of the molecule is O=C(Nc1ccc(F)c(C(F)(F)F)c1)[C@@H]1[C@H](NC(=O)C(F)(F)F)[C@@H]2CC[C@H]1/C2=C/c1ccccc1. The highest BCUT2D eigenvalue weighted by Crippen LogP contribution is 2.53. The summed E-state index contributed by atoms with van der Waals surface area (Å²) in [6.07, 6.45) is -7.53. The van der Waals surface area contributed by atoms with E-state index in [4.69, 9.17) is 0 Å². The second-order valence-electron chi connectivity index (χ2n) is 8.55. The third kappa shape index (κ3) is 5.03. The molecule has 2 aromatic carbocycles. The first kappa shape index (κ1) is 24.7. The van der Waals surface area contributed by atoms with Gasteiger partial charge in [-0.3, -0.25) is 9.59 Å². The molecule has 0 spiro atoms. The zero-order valence-electron chi connectivity index (χ0n) is 17.9. The van der Waals surface area contributed by atoms with Gasteiger partial charge in [0.25, 0.3) is 0 Å². The van der Waals surface area contributed by atoms with Gasteiger partial charge in [-0.15, -0.1) is 0 Å². The van der Waals surface area contributed by atoms with Crippen molar-refractivity contribution in [2.75, 3.05) is 5.32 Å². The number of alkyl halides is 6. The Bertz CT molecular complexity index is 1160. The number of amides is 2. The van der Waals surface area contributed by atoms with Crippen LogP contribution in [-0.2, 0) is 15.8 Å². The lowest BCUT2D eigenvalue weighted by Gasteiger charge is -2.30. The summed E-state index contributed by atoms with van der Waals surface area (Å²) in [7, 11) is 0. The van der Waals surface area contributed by atoms with Crippen LogP contribution in [0.25, 0.3) is 6.08 Å². The molecule has 0 saturated heterocycles. The minimum absolute atomic E-state index is 0.360. The lowest BCUT2D eigenvalue weighted by Crippen LogP contribution is -2.51. The minimum Gasteiger partial charge on any atom is -0.344 e. The standard InChI is InChI=1S/C24H19F7N2O2/c25-18-9-6-13(11-17(18)23(26,27)28)32-21(34)19-14-7-8-15(20(19)33-22(35)24(29,30)31)16(14)10-12-4-2-1-3-5-12/h1-6,9-11,14-15,19-20H,7-8H2,(H,32,34)(H,33,35)/b16-10-/t14-,15+,19-,20+/m0/s1. The Morgan fingerprint density at radius 3 is 2.20 bits per heavy atom. The highest BCUT2D eigenvalue weighted by Gasteiger charge is 2.56. The maximum Gasteiger partial charge on any atom is 0.471 e. The molecule has 2 aliphatic rings. The van der Waals surface area contributed by atoms with Gasteiger partial charge in [0.05, 0.1) is 11.5 Å². The van der Waals surface area contributed by atoms with Gasteiger partial charge in [0.2, 0.25) is 5.91 Å². The molecule has 11 heteroatoms. The van der Waals surface area contributed by atoms with Crippen molar-refractivity contribution < 1.29 is 40.3 Å². The maximum atomic E-state index is 13.6. The van der Waals surface area contributed by atoms with Crippen molar-refractivity contribution in [1.29, 1.82) is 0 Å². The summed E-state index contributed by atoms with van der Waals surface area (Å²) in [4.78, 5) is 24.9. The van der Waals surface area contributed by atoms with Crippen molar-refractivity contribution in [2.24, 2.45) is 17.8 Å². The van der Waals surface area contributed by atoms with E-state index >= 15 is 0 Å². The average Bonchev–Trinajstić information content (AvgIpc) is 3.29. The van der Waals surface area contributed by atoms with Crippen LogP contribution in [0, 0.1) is 23.6 Å². The van der Waals surface area contributed by atoms with Gasteiger partial charge < -0.3 is 10.6 Å². The molecular weight excluding hydrogens is 481 g/mol. The van der Waals surface area contributed by atoms with Crippen molar-refractivity contribution in [3.63, 3.8) is 0 Å². The third-order valence-electron chi connectivity index (χ3n) is 6.43. The van der Waals surface area contributed by atoms with Crippen molar-refractivity contribution in [3.05, 3.63) is 71.0 Å². The Labute approximate surface area is 195 Å². The number of hydrogen-bond donors (Lipinski definition) is 2. The van der Waals surface area contributed by atoms with E-state index in [1.54, 1.807) is 36.4 Å². The van der Waals surface area contributed by atoms with Gasteiger partial charge in [-0.05, 0) is 42.5 Å². The Morgan fingerprint density at radius 1 is 0.914 bits per heavy atom. The smallest absolute Gasteiger partial charge is 0.344 e. The molecule has 2 fully saturated rings. The molecule has 2 aromatic rings. The number of carbonyl (C=O) groups is 2. The molecule has 2 saturated carbocycles. The number of fused-ring (bicyclic) bond motifs is 2. The Kier molecular flexibility index (Phi) is 6.37. The summed E-state index contributed by atoms with van der Waals surface area (Å²) in [6, 6.07) is 9.56. The van der Waals surface area contributed by atoms with Crippen LogP contribution in [0.4, 0.5) is 36.4 Å². The van der Waals surface area contributed by atoms with Gasteiger partial charge in [-0.1, -0.05) is 42.0 Å². The number of hydrogen-bond acceptors (Lipinski definition) is 2. The van der Waals surface area contributed by atoms with E-state index in [-0.39, 0.29) is 5.69 Å². The number of carbonyl (C=O) groups excluding carboxylic acids is 2. The summed E-state index contributed by atoms with van der Waals surface area (Å²) >= 11 is 0. The molecule has 35 heavy (non-hydrogen) atoms. The van der Waals surface area contributed by atoms with Gasteiger partial charge in [0.15, 0.2) is 0 Å². The third-order valence-corrected chi connectivity index (χ3v) is 6.43. The summed E-state index contributed by atoms with van der Waals surface area (Å²) in [5.41, 5.74) is -0.496. The lowest BCUT2D eigenvalue weighted by atomic mass is 9.83. The molecule has 0 aromatic heterocycles. The highest BCUT2D eigenvalue weighted by molar-refractivity contribution is 5.95. The predicted molar refractivity (Wildman–Crippen MR) is 112 cm³/mol. The van der Waals surface area contributed by atoms with Crippen LogP contribution in [0.1, 0.15) is 24.0 Å². The van der Waals surface area contributed by atoms with E-state index in [0.29, 0.717) is 30.5 Å². The van der Waals surface area contributed by atoms with E-state index in [1.165, 1.54) is 0 Å². The first-order valence-corrected chi connectivity index (χ1v) is 10.7. The molecule has 186 valence electrons. The summed E-state index contributed by atoms with van der Waals surface area (Å²) in [5, 5.41) is 4.19. The summed E-state index contributed by atoms with van der Waals surface area (Å²) in [6.45, 7) is 0. The number of rotatable bonds is 4. The molecule has 2 amide bonds. The molecule has 2 N–H and O–H groups in total. The molecule has 4 nitrogen and oxygen atoms in total. The number of nitrogens with one attached hydrogen (secondary N) is 2. The summed E-state index contributed by atoms with van der Waals surface area (Å²) < 4.78 is 91.7. The molecule has 0 unspecified atom stereocenters. The van der Waals surface area contributed by atoms with Gasteiger partial charge in [-0.25, -0.2) is 4.39 Å². The number of benzene rings is 2. The average molecular weight is 500 g/mol. The van der Waals surface area contributed by atoms with Crippen molar-refractivity contribution in [3.8, 4) is 0 Å². The second-order valence-corrected chi connectivity index (χ2v) is 8.55. The Morgan fingerprint density at radius 2 is 1.57 bits per heavy atom. The quantitative estimate of drug-likeness (QED) is 0.540. The summed E-state index contributed by atoms with van der Waals surface area (Å²) in [5.74, 6) is -6.83. The van der Waals surface area contributed by atoms with Crippen molar-refractivity contribution >= 4 is 23.6 Å². The molecule has 0 radical (unpaired) electrons. The van der Waals surface area contributed by atoms with Gasteiger partial charge in [0.1, 0.15) is 5.82 Å². The van der Waals surface area contributed by atoms with E-state index < -0.39 is 59.3 Å². The fraction of sp³-hybridized carbons (Fsp3) is 0.333. The van der Waals surface area contributed by atoms with Crippen LogP contribution in [-0.4, -0.2) is 24.0 Å². The van der Waals surface area contributed by atoms with Crippen LogP contribution in [0.15, 0.2) is 54.1 Å². The van der Waals surface area contributed by atoms with E-state index in [9.17, 15) is 40.3 Å². The lowest BCUT2D eigenvalue weighted by molar-refractivity contribution is -0.175. The fourth-order valence-electron chi connectivity index (χ4n) is 5.01. The first-order valence-electron chi connectivity index (χ1n) is 10.7. The van der Waals surface area contributed by atoms with E-state index in [1.807, 2.05) is 5.32 Å². The van der Waals surface area contributed by atoms with Gasteiger partial charge in [-0.2, -0.15) is 26.3 Å². The van der Waals surface area contributed by atoms with Crippen LogP contribution in [0.3, 0.4) is 0 Å². The number of halogens is 7. The van der Waals surface area contributed by atoms with Crippen LogP contribution < -0.4 is 10.6 Å². The molecule has 0 heterocycles.